The van der Waals surface area contributed by atoms with Crippen molar-refractivity contribution in [1.82, 2.24) is 19.8 Å². The zero-order chi connectivity index (χ0) is 17.9. The Balaban J connectivity index is 2.22. The van der Waals surface area contributed by atoms with Crippen molar-refractivity contribution in [2.45, 2.75) is 31.2 Å². The number of nitrogens with zero attached hydrogens (tertiary/aromatic N) is 4. The molecule has 1 heterocycles. The molecule has 0 fully saturated rings. The van der Waals surface area contributed by atoms with Crippen LogP contribution < -0.4 is 5.84 Å². The number of carbonyl (C=O) groups excluding carboxylic acids is 1. The number of rotatable bonds is 6. The van der Waals surface area contributed by atoms with E-state index in [4.69, 9.17) is 29.0 Å². The highest BCUT2D eigenvalue weighted by molar-refractivity contribution is 8.00. The highest BCUT2D eigenvalue weighted by Gasteiger charge is 2.23. The highest BCUT2D eigenvalue weighted by atomic mass is 35.5. The molecule has 1 aromatic carbocycles. The molecule has 0 aliphatic heterocycles. The molecule has 0 radical (unpaired) electrons. The molecular formula is C15H19Cl2N5OS. The predicted molar refractivity (Wildman–Crippen MR) is 98.9 cm³/mol. The SMILES string of the molecule is CCN(CC)C(=O)C(C)Sc1nnc(-c2ccc(Cl)cc2Cl)n1N. The van der Waals surface area contributed by atoms with Gasteiger partial charge in [0, 0.05) is 23.7 Å². The molecular weight excluding hydrogens is 369 g/mol. The third-order valence-electron chi connectivity index (χ3n) is 3.54. The van der Waals surface area contributed by atoms with Crippen molar-refractivity contribution in [2.24, 2.45) is 0 Å². The van der Waals surface area contributed by atoms with Gasteiger partial charge in [-0.15, -0.1) is 10.2 Å². The summed E-state index contributed by atoms with van der Waals surface area (Å²) in [6, 6.07) is 5.06. The van der Waals surface area contributed by atoms with Gasteiger partial charge in [0.2, 0.25) is 11.1 Å². The summed E-state index contributed by atoms with van der Waals surface area (Å²) in [5, 5.41) is 9.26. The van der Waals surface area contributed by atoms with Crippen LogP contribution in [0.15, 0.2) is 23.4 Å². The molecule has 2 rings (SSSR count). The van der Waals surface area contributed by atoms with Crippen molar-refractivity contribution in [3.63, 3.8) is 0 Å². The average Bonchev–Trinajstić information content (AvgIpc) is 2.89. The van der Waals surface area contributed by atoms with Crippen LogP contribution >= 0.6 is 35.0 Å². The number of aromatic nitrogens is 3. The zero-order valence-corrected chi connectivity index (χ0v) is 16.0. The molecule has 0 aliphatic rings. The first-order valence-electron chi connectivity index (χ1n) is 7.50. The Bertz CT molecular complexity index is 733. The fourth-order valence-electron chi connectivity index (χ4n) is 2.21. The third kappa shape index (κ3) is 3.96. The van der Waals surface area contributed by atoms with E-state index in [1.807, 2.05) is 20.8 Å². The summed E-state index contributed by atoms with van der Waals surface area (Å²) in [5.41, 5.74) is 0.630. The summed E-state index contributed by atoms with van der Waals surface area (Å²) in [6.07, 6.45) is 0. The van der Waals surface area contributed by atoms with E-state index in [2.05, 4.69) is 10.2 Å². The summed E-state index contributed by atoms with van der Waals surface area (Å²) < 4.78 is 1.34. The van der Waals surface area contributed by atoms with Crippen molar-refractivity contribution >= 4 is 40.9 Å². The maximum Gasteiger partial charge on any atom is 0.235 e. The second kappa shape index (κ2) is 8.09. The van der Waals surface area contributed by atoms with E-state index < -0.39 is 0 Å². The van der Waals surface area contributed by atoms with Crippen molar-refractivity contribution in [3.8, 4) is 11.4 Å². The third-order valence-corrected chi connectivity index (χ3v) is 5.13. The van der Waals surface area contributed by atoms with Crippen LogP contribution in [-0.2, 0) is 4.79 Å². The largest absolute Gasteiger partial charge is 0.342 e. The summed E-state index contributed by atoms with van der Waals surface area (Å²) >= 11 is 13.4. The molecule has 130 valence electrons. The van der Waals surface area contributed by atoms with Gasteiger partial charge in [0.05, 0.1) is 10.3 Å². The smallest absolute Gasteiger partial charge is 0.235 e. The number of nitrogens with two attached hydrogens (primary N) is 1. The molecule has 0 saturated carbocycles. The van der Waals surface area contributed by atoms with Crippen LogP contribution in [0.2, 0.25) is 10.0 Å². The van der Waals surface area contributed by atoms with Crippen LogP contribution in [0.3, 0.4) is 0 Å². The minimum atomic E-state index is -0.315. The molecule has 1 amide bonds. The fourth-order valence-corrected chi connectivity index (χ4v) is 3.56. The Labute approximate surface area is 155 Å². The number of thioether (sulfide) groups is 1. The lowest BCUT2D eigenvalue weighted by Gasteiger charge is -2.22. The number of hydrogen-bond acceptors (Lipinski definition) is 5. The van der Waals surface area contributed by atoms with E-state index in [1.165, 1.54) is 16.4 Å². The van der Waals surface area contributed by atoms with Crippen molar-refractivity contribution in [3.05, 3.63) is 28.2 Å². The predicted octanol–water partition coefficient (Wildman–Crippen LogP) is 3.31. The van der Waals surface area contributed by atoms with Gasteiger partial charge in [0.1, 0.15) is 0 Å². The molecule has 9 heteroatoms. The van der Waals surface area contributed by atoms with Crippen LogP contribution in [0.1, 0.15) is 20.8 Å². The number of halogens is 2. The Morgan fingerprint density at radius 3 is 2.58 bits per heavy atom. The first-order chi connectivity index (χ1) is 11.4. The van der Waals surface area contributed by atoms with Gasteiger partial charge in [0.15, 0.2) is 5.82 Å². The molecule has 1 aromatic heterocycles. The second-order valence-electron chi connectivity index (χ2n) is 5.07. The highest BCUT2D eigenvalue weighted by Crippen LogP contribution is 2.31. The first kappa shape index (κ1) is 18.9. The van der Waals surface area contributed by atoms with Gasteiger partial charge in [-0.3, -0.25) is 4.79 Å². The Hall–Kier alpha value is -1.44. The van der Waals surface area contributed by atoms with Crippen molar-refractivity contribution in [1.29, 1.82) is 0 Å². The van der Waals surface area contributed by atoms with Gasteiger partial charge in [-0.1, -0.05) is 35.0 Å². The fraction of sp³-hybridized carbons (Fsp3) is 0.400. The molecule has 0 bridgehead atoms. The number of benzene rings is 1. The Morgan fingerprint density at radius 1 is 1.33 bits per heavy atom. The summed E-state index contributed by atoms with van der Waals surface area (Å²) in [7, 11) is 0. The lowest BCUT2D eigenvalue weighted by atomic mass is 10.2. The summed E-state index contributed by atoms with van der Waals surface area (Å²) in [6.45, 7) is 7.06. The van der Waals surface area contributed by atoms with Crippen LogP contribution in [0.5, 0.6) is 0 Å². The minimum absolute atomic E-state index is 0.0408. The normalized spacial score (nSPS) is 12.2. The number of hydrogen-bond donors (Lipinski definition) is 1. The van der Waals surface area contributed by atoms with E-state index >= 15 is 0 Å². The van der Waals surface area contributed by atoms with Gasteiger partial charge < -0.3 is 10.7 Å². The molecule has 0 saturated heterocycles. The topological polar surface area (TPSA) is 77.0 Å². The summed E-state index contributed by atoms with van der Waals surface area (Å²) in [5.74, 6) is 6.55. The zero-order valence-electron chi connectivity index (χ0n) is 13.7. The van der Waals surface area contributed by atoms with E-state index in [9.17, 15) is 4.79 Å². The van der Waals surface area contributed by atoms with Gasteiger partial charge in [-0.05, 0) is 39.0 Å². The van der Waals surface area contributed by atoms with Gasteiger partial charge >= 0.3 is 0 Å². The van der Waals surface area contributed by atoms with E-state index in [1.54, 1.807) is 23.1 Å². The second-order valence-corrected chi connectivity index (χ2v) is 7.22. The quantitative estimate of drug-likeness (QED) is 0.607. The molecule has 1 atom stereocenters. The standard InChI is InChI=1S/C15H19Cl2N5OS/c1-4-21(5-2)14(23)9(3)24-15-20-19-13(22(15)18)11-7-6-10(16)8-12(11)17/h6-9H,4-5,18H2,1-3H3. The van der Waals surface area contributed by atoms with E-state index in [0.29, 0.717) is 39.7 Å². The molecule has 24 heavy (non-hydrogen) atoms. The monoisotopic (exact) mass is 387 g/mol. The van der Waals surface area contributed by atoms with Crippen LogP contribution in [0.25, 0.3) is 11.4 Å². The average molecular weight is 388 g/mol. The molecule has 1 unspecified atom stereocenters. The first-order valence-corrected chi connectivity index (χ1v) is 9.13. The van der Waals surface area contributed by atoms with E-state index in [0.717, 1.165) is 0 Å². The summed E-state index contributed by atoms with van der Waals surface area (Å²) in [4.78, 5) is 14.1. The lowest BCUT2D eigenvalue weighted by Crippen LogP contribution is -2.36. The van der Waals surface area contributed by atoms with Crippen LogP contribution in [0.4, 0.5) is 0 Å². The Morgan fingerprint density at radius 2 is 2.00 bits per heavy atom. The van der Waals surface area contributed by atoms with E-state index in [-0.39, 0.29) is 11.2 Å². The molecule has 2 N–H and O–H groups in total. The van der Waals surface area contributed by atoms with Gasteiger partial charge in [-0.2, -0.15) is 0 Å². The number of amides is 1. The van der Waals surface area contributed by atoms with Gasteiger partial charge in [-0.25, -0.2) is 4.68 Å². The minimum Gasteiger partial charge on any atom is -0.342 e. The number of nitrogen functional groups attached to an aromatic ring is 1. The van der Waals surface area contributed by atoms with Crippen LogP contribution in [0, 0.1) is 0 Å². The van der Waals surface area contributed by atoms with Crippen molar-refractivity contribution in [2.75, 3.05) is 18.9 Å². The van der Waals surface area contributed by atoms with Gasteiger partial charge in [0.25, 0.3) is 0 Å². The molecule has 6 nitrogen and oxygen atoms in total. The van der Waals surface area contributed by atoms with Crippen LogP contribution in [-0.4, -0.2) is 44.0 Å². The molecule has 0 spiro atoms. The number of carbonyl (C=O) groups is 1. The maximum absolute atomic E-state index is 12.4. The lowest BCUT2D eigenvalue weighted by molar-refractivity contribution is -0.129. The molecule has 2 aromatic rings. The molecule has 0 aliphatic carbocycles. The Kier molecular flexibility index (Phi) is 6.37. The maximum atomic E-state index is 12.4. The van der Waals surface area contributed by atoms with Crippen molar-refractivity contribution < 1.29 is 4.79 Å².